The number of rotatable bonds is 5. The molecule has 2 N–H and O–H groups in total. The van der Waals surface area contributed by atoms with Crippen LogP contribution in [0.2, 0.25) is 0 Å². The molecule has 0 aliphatic carbocycles. The highest BCUT2D eigenvalue weighted by Crippen LogP contribution is 2.42. The number of amides is 2. The number of nitrogens with one attached hydrogen (secondary N) is 1. The van der Waals surface area contributed by atoms with E-state index >= 15 is 0 Å². The normalized spacial score (nSPS) is 18.7. The van der Waals surface area contributed by atoms with Crippen LogP contribution in [-0.2, 0) is 0 Å². The molecule has 1 unspecified atom stereocenters. The number of unbranched alkanes of at least 4 members (excludes halogenated alkanes) is 1. The lowest BCUT2D eigenvalue weighted by Gasteiger charge is -2.36. The maximum Gasteiger partial charge on any atom is 0.347 e. The van der Waals surface area contributed by atoms with Crippen molar-refractivity contribution in [2.24, 2.45) is 0 Å². The monoisotopic (exact) mass is 403 g/mol. The second-order valence-corrected chi connectivity index (χ2v) is 9.48. The van der Waals surface area contributed by atoms with Gasteiger partial charge < -0.3 is 10.2 Å². The largest absolute Gasteiger partial charge is 0.347 e. The summed E-state index contributed by atoms with van der Waals surface area (Å²) in [6.45, 7) is 6.81. The molecule has 2 aromatic carbocycles. The fraction of sp³-hybridized carbons (Fsp3) is 0.400. The van der Waals surface area contributed by atoms with Crippen molar-refractivity contribution in [2.75, 3.05) is 11.9 Å². The van der Waals surface area contributed by atoms with Crippen LogP contribution in [-0.4, -0.2) is 43.0 Å². The van der Waals surface area contributed by atoms with Gasteiger partial charge in [0.15, 0.2) is 0 Å². The molecule has 1 aliphatic heterocycles. The molecule has 5 nitrogen and oxygen atoms in total. The van der Waals surface area contributed by atoms with E-state index in [2.05, 4.69) is 12.2 Å². The zero-order valence-electron chi connectivity index (χ0n) is 15.8. The minimum Gasteiger partial charge on any atom is -0.334 e. The Kier molecular flexibility index (Phi) is 5.93. The predicted molar refractivity (Wildman–Crippen MR) is 116 cm³/mol. The van der Waals surface area contributed by atoms with Gasteiger partial charge in [0.05, 0.1) is 10.4 Å². The highest BCUT2D eigenvalue weighted by molar-refractivity contribution is 8.24. The highest BCUT2D eigenvalue weighted by Gasteiger charge is 2.49. The first-order chi connectivity index (χ1) is 12.8. The summed E-state index contributed by atoms with van der Waals surface area (Å²) in [5.41, 5.74) is 0.670. The zero-order valence-corrected chi connectivity index (χ0v) is 17.4. The number of urea groups is 1. The molecule has 1 heterocycles. The maximum absolute atomic E-state index is 12.8. The number of carbonyl (C=O) groups is 1. The number of fused-ring (bicyclic) bond motifs is 1. The third-order valence-corrected chi connectivity index (χ3v) is 6.36. The van der Waals surface area contributed by atoms with Crippen LogP contribution in [0.5, 0.6) is 0 Å². The van der Waals surface area contributed by atoms with Crippen LogP contribution < -0.4 is 5.32 Å². The molecule has 0 aromatic heterocycles. The Balaban J connectivity index is 1.83. The Labute approximate surface area is 169 Å². The van der Waals surface area contributed by atoms with Gasteiger partial charge in [-0.25, -0.2) is 4.79 Å². The van der Waals surface area contributed by atoms with Gasteiger partial charge in [-0.3, -0.25) is 5.21 Å². The Morgan fingerprint density at radius 3 is 2.74 bits per heavy atom. The first-order valence-electron chi connectivity index (χ1n) is 9.11. The lowest BCUT2D eigenvalue weighted by atomic mass is 10.1. The van der Waals surface area contributed by atoms with E-state index in [4.69, 9.17) is 12.2 Å². The maximum atomic E-state index is 12.8. The van der Waals surface area contributed by atoms with Crippen molar-refractivity contribution >= 4 is 50.8 Å². The summed E-state index contributed by atoms with van der Waals surface area (Å²) in [5, 5.41) is 16.4. The van der Waals surface area contributed by atoms with Gasteiger partial charge in [-0.2, -0.15) is 5.06 Å². The number of thiocarbonyl (C=S) groups is 1. The SMILES string of the molecule is CCCCN1C(=S)SC(C)(C)C1N(O)C(=O)Nc1cccc2ccccc12. The Bertz CT molecular complexity index is 851. The van der Waals surface area contributed by atoms with Crippen LogP contribution in [0, 0.1) is 0 Å². The molecule has 0 bridgehead atoms. The highest BCUT2D eigenvalue weighted by atomic mass is 32.2. The first-order valence-corrected chi connectivity index (χ1v) is 10.3. The Morgan fingerprint density at radius 2 is 2.00 bits per heavy atom. The van der Waals surface area contributed by atoms with Crippen molar-refractivity contribution in [1.82, 2.24) is 9.96 Å². The van der Waals surface area contributed by atoms with Gasteiger partial charge in [-0.05, 0) is 31.7 Å². The topological polar surface area (TPSA) is 55.8 Å². The fourth-order valence-electron chi connectivity index (χ4n) is 3.40. The number of hydroxylamine groups is 2. The first kappa shape index (κ1) is 19.9. The van der Waals surface area contributed by atoms with Crippen molar-refractivity contribution in [1.29, 1.82) is 0 Å². The molecule has 0 spiro atoms. The number of carbonyl (C=O) groups excluding carboxylic acids is 1. The lowest BCUT2D eigenvalue weighted by Crippen LogP contribution is -2.55. The Morgan fingerprint density at radius 1 is 1.30 bits per heavy atom. The molecule has 27 heavy (non-hydrogen) atoms. The van der Waals surface area contributed by atoms with Crippen molar-refractivity contribution in [3.05, 3.63) is 42.5 Å². The molecule has 3 rings (SSSR count). The zero-order chi connectivity index (χ0) is 19.6. The molecule has 2 amide bonds. The van der Waals surface area contributed by atoms with E-state index in [0.29, 0.717) is 5.69 Å². The van der Waals surface area contributed by atoms with Gasteiger partial charge in [0.25, 0.3) is 0 Å². The number of hydrogen-bond donors (Lipinski definition) is 2. The molecule has 1 saturated heterocycles. The van der Waals surface area contributed by atoms with Crippen LogP contribution in [0.4, 0.5) is 10.5 Å². The summed E-state index contributed by atoms with van der Waals surface area (Å²) in [5.74, 6) is 0. The molecule has 1 fully saturated rings. The number of thioether (sulfide) groups is 1. The van der Waals surface area contributed by atoms with Crippen molar-refractivity contribution in [3.8, 4) is 0 Å². The van der Waals surface area contributed by atoms with Crippen molar-refractivity contribution in [3.63, 3.8) is 0 Å². The molecule has 0 radical (unpaired) electrons. The van der Waals surface area contributed by atoms with Crippen LogP contribution >= 0.6 is 24.0 Å². The van der Waals surface area contributed by atoms with Crippen LogP contribution in [0.15, 0.2) is 42.5 Å². The summed E-state index contributed by atoms with van der Waals surface area (Å²) in [6, 6.07) is 13.0. The quantitative estimate of drug-likeness (QED) is 0.403. The predicted octanol–water partition coefficient (Wildman–Crippen LogP) is 5.30. The molecular formula is C20H25N3O2S2. The molecular weight excluding hydrogens is 378 g/mol. The van der Waals surface area contributed by atoms with Gasteiger partial charge in [-0.1, -0.05) is 73.7 Å². The lowest BCUT2D eigenvalue weighted by molar-refractivity contribution is -0.114. The number of benzene rings is 2. The van der Waals surface area contributed by atoms with E-state index in [1.165, 1.54) is 11.8 Å². The average molecular weight is 404 g/mol. The van der Waals surface area contributed by atoms with E-state index in [1.807, 2.05) is 61.2 Å². The summed E-state index contributed by atoms with van der Waals surface area (Å²) in [4.78, 5) is 14.8. The summed E-state index contributed by atoms with van der Waals surface area (Å²) in [7, 11) is 0. The van der Waals surface area contributed by atoms with Crippen LogP contribution in [0.1, 0.15) is 33.6 Å². The average Bonchev–Trinajstić information content (AvgIpc) is 2.87. The molecule has 2 aromatic rings. The van der Waals surface area contributed by atoms with E-state index in [1.54, 1.807) is 0 Å². The third kappa shape index (κ3) is 4.05. The fourth-order valence-corrected chi connectivity index (χ4v) is 5.32. The molecule has 1 atom stereocenters. The summed E-state index contributed by atoms with van der Waals surface area (Å²) >= 11 is 7.02. The number of nitrogens with zero attached hydrogens (tertiary/aromatic N) is 2. The number of anilines is 1. The van der Waals surface area contributed by atoms with Gasteiger partial charge in [0.1, 0.15) is 10.5 Å². The van der Waals surface area contributed by atoms with Gasteiger partial charge >= 0.3 is 6.03 Å². The van der Waals surface area contributed by atoms with Crippen LogP contribution in [0.25, 0.3) is 10.8 Å². The van der Waals surface area contributed by atoms with Gasteiger partial charge in [0, 0.05) is 11.9 Å². The standard InChI is InChI=1S/C20H25N3O2S2/c1-4-5-13-22-17(20(2,3)27-19(22)26)23(25)18(24)21-16-12-8-10-14-9-6-7-11-15(14)16/h6-12,17,25H,4-5,13H2,1-3H3,(H,21,24). The smallest absolute Gasteiger partial charge is 0.334 e. The second-order valence-electron chi connectivity index (χ2n) is 7.19. The Hall–Kier alpha value is -1.83. The molecule has 7 heteroatoms. The van der Waals surface area contributed by atoms with Crippen molar-refractivity contribution in [2.45, 2.75) is 44.5 Å². The van der Waals surface area contributed by atoms with E-state index < -0.39 is 16.9 Å². The third-order valence-electron chi connectivity index (χ3n) is 4.73. The van der Waals surface area contributed by atoms with Gasteiger partial charge in [0.2, 0.25) is 0 Å². The minimum atomic E-state index is -0.559. The summed E-state index contributed by atoms with van der Waals surface area (Å²) in [6.07, 6.45) is 1.45. The van der Waals surface area contributed by atoms with Crippen LogP contribution in [0.3, 0.4) is 0 Å². The van der Waals surface area contributed by atoms with E-state index in [9.17, 15) is 10.0 Å². The second kappa shape index (κ2) is 8.04. The van der Waals surface area contributed by atoms with Gasteiger partial charge in [-0.15, -0.1) is 0 Å². The molecule has 1 aliphatic rings. The van der Waals surface area contributed by atoms with E-state index in [-0.39, 0.29) is 0 Å². The minimum absolute atomic E-state index is 0.407. The molecule has 144 valence electrons. The molecule has 0 saturated carbocycles. The van der Waals surface area contributed by atoms with Crippen molar-refractivity contribution < 1.29 is 10.0 Å². The number of hydrogen-bond acceptors (Lipinski definition) is 4. The van der Waals surface area contributed by atoms with E-state index in [0.717, 1.165) is 39.5 Å². The summed E-state index contributed by atoms with van der Waals surface area (Å²) < 4.78 is 0.311.